The van der Waals surface area contributed by atoms with Crippen LogP contribution in [0.3, 0.4) is 0 Å². The lowest BCUT2D eigenvalue weighted by Crippen LogP contribution is -1.84. The smallest absolute Gasteiger partial charge is 0.155 e. The second-order valence-corrected chi connectivity index (χ2v) is 3.82. The molecule has 2 N–H and O–H groups in total. The average Bonchev–Trinajstić information content (AvgIpc) is 2.57. The minimum absolute atomic E-state index is 0.570. The maximum atomic E-state index is 8.88. The minimum atomic E-state index is 0.570. The first-order chi connectivity index (χ1) is 6.77. The van der Waals surface area contributed by atoms with Gasteiger partial charge in [-0.05, 0) is 12.1 Å². The summed E-state index contributed by atoms with van der Waals surface area (Å²) in [4.78, 5) is 0.570. The van der Waals surface area contributed by atoms with Crippen LogP contribution in [-0.4, -0.2) is 7.11 Å². The van der Waals surface area contributed by atoms with Gasteiger partial charge in [0, 0.05) is 11.1 Å². The molecular weight excluding hydrogens is 196 g/mol. The number of ether oxygens (including phenoxy) is 1. The molecule has 14 heavy (non-hydrogen) atoms. The minimum Gasteiger partial charge on any atom is -0.494 e. The van der Waals surface area contributed by atoms with Crippen molar-refractivity contribution in [3.63, 3.8) is 0 Å². The first-order valence-electron chi connectivity index (χ1n) is 4.03. The number of thiophene rings is 1. The SMILES string of the molecule is COc1c(C#N)sc2c(N)cccc12. The van der Waals surface area contributed by atoms with Gasteiger partial charge in [-0.2, -0.15) is 5.26 Å². The second kappa shape index (κ2) is 3.20. The van der Waals surface area contributed by atoms with Gasteiger partial charge in [0.25, 0.3) is 0 Å². The molecule has 0 spiro atoms. The Morgan fingerprint density at radius 1 is 1.50 bits per heavy atom. The molecule has 2 rings (SSSR count). The van der Waals surface area contributed by atoms with Crippen molar-refractivity contribution in [1.29, 1.82) is 5.26 Å². The Kier molecular flexibility index (Phi) is 2.02. The molecule has 0 bridgehead atoms. The maximum absolute atomic E-state index is 8.88. The third-order valence-corrected chi connectivity index (χ3v) is 3.15. The molecule has 0 fully saturated rings. The molecule has 0 aliphatic rings. The predicted octanol–water partition coefficient (Wildman–Crippen LogP) is 2.36. The fourth-order valence-corrected chi connectivity index (χ4v) is 2.39. The molecule has 70 valence electrons. The van der Waals surface area contributed by atoms with Gasteiger partial charge in [-0.3, -0.25) is 0 Å². The van der Waals surface area contributed by atoms with Gasteiger partial charge < -0.3 is 10.5 Å². The Balaban J connectivity index is 2.88. The summed E-state index contributed by atoms with van der Waals surface area (Å²) in [5.74, 6) is 0.625. The van der Waals surface area contributed by atoms with Crippen LogP contribution >= 0.6 is 11.3 Å². The summed E-state index contributed by atoms with van der Waals surface area (Å²) in [6.45, 7) is 0. The number of nitrogens with zero attached hydrogens (tertiary/aromatic N) is 1. The summed E-state index contributed by atoms with van der Waals surface area (Å²) in [6.07, 6.45) is 0. The largest absolute Gasteiger partial charge is 0.494 e. The van der Waals surface area contributed by atoms with Crippen molar-refractivity contribution in [2.45, 2.75) is 0 Å². The second-order valence-electron chi connectivity index (χ2n) is 2.80. The zero-order valence-corrected chi connectivity index (χ0v) is 8.39. The standard InChI is InChI=1S/C10H8N2OS/c1-13-9-6-3-2-4-7(12)10(6)14-8(9)5-11/h2-4H,12H2,1H3. The van der Waals surface area contributed by atoms with Crippen molar-refractivity contribution in [1.82, 2.24) is 0 Å². The van der Waals surface area contributed by atoms with E-state index in [1.807, 2.05) is 18.2 Å². The van der Waals surface area contributed by atoms with E-state index in [1.165, 1.54) is 11.3 Å². The van der Waals surface area contributed by atoms with E-state index >= 15 is 0 Å². The Hall–Kier alpha value is -1.73. The van der Waals surface area contributed by atoms with Crippen LogP contribution in [-0.2, 0) is 0 Å². The summed E-state index contributed by atoms with van der Waals surface area (Å²) in [6, 6.07) is 7.68. The average molecular weight is 204 g/mol. The predicted molar refractivity (Wildman–Crippen MR) is 57.5 cm³/mol. The van der Waals surface area contributed by atoms with Gasteiger partial charge in [-0.25, -0.2) is 0 Å². The number of fused-ring (bicyclic) bond motifs is 1. The molecule has 4 heteroatoms. The molecule has 0 radical (unpaired) electrons. The van der Waals surface area contributed by atoms with Crippen molar-refractivity contribution in [3.8, 4) is 11.8 Å². The highest BCUT2D eigenvalue weighted by atomic mass is 32.1. The number of nitrogens with two attached hydrogens (primary N) is 1. The number of anilines is 1. The number of benzene rings is 1. The van der Waals surface area contributed by atoms with Crippen molar-refractivity contribution < 1.29 is 4.74 Å². The molecule has 3 nitrogen and oxygen atoms in total. The van der Waals surface area contributed by atoms with E-state index in [2.05, 4.69) is 6.07 Å². The van der Waals surface area contributed by atoms with Crippen LogP contribution in [0.5, 0.6) is 5.75 Å². The number of hydrogen-bond acceptors (Lipinski definition) is 4. The summed E-state index contributed by atoms with van der Waals surface area (Å²) in [5, 5.41) is 9.79. The maximum Gasteiger partial charge on any atom is 0.155 e. The van der Waals surface area contributed by atoms with E-state index < -0.39 is 0 Å². The molecule has 0 aliphatic carbocycles. The van der Waals surface area contributed by atoms with Crippen LogP contribution in [0.15, 0.2) is 18.2 Å². The molecule has 0 aliphatic heterocycles. The fourth-order valence-electron chi connectivity index (χ4n) is 1.39. The number of nitrogen functional groups attached to an aromatic ring is 1. The fraction of sp³-hybridized carbons (Fsp3) is 0.100. The zero-order chi connectivity index (χ0) is 10.1. The number of rotatable bonds is 1. The van der Waals surface area contributed by atoms with Crippen LogP contribution in [0, 0.1) is 11.3 Å². The van der Waals surface area contributed by atoms with Crippen molar-refractivity contribution >= 4 is 27.1 Å². The lowest BCUT2D eigenvalue weighted by Gasteiger charge is -1.97. The van der Waals surface area contributed by atoms with E-state index in [0.717, 1.165) is 10.1 Å². The molecule has 0 atom stereocenters. The third-order valence-electron chi connectivity index (χ3n) is 2.01. The number of methoxy groups -OCH3 is 1. The first kappa shape index (κ1) is 8.85. The van der Waals surface area contributed by atoms with Crippen LogP contribution in [0.2, 0.25) is 0 Å². The Morgan fingerprint density at radius 2 is 2.29 bits per heavy atom. The summed E-state index contributed by atoms with van der Waals surface area (Å²) in [7, 11) is 1.56. The van der Waals surface area contributed by atoms with Gasteiger partial charge >= 0.3 is 0 Å². The normalized spacial score (nSPS) is 10.0. The lowest BCUT2D eigenvalue weighted by atomic mass is 10.2. The van der Waals surface area contributed by atoms with Gasteiger partial charge in [0.1, 0.15) is 10.9 Å². The molecule has 2 aromatic rings. The number of hydrogen-bond donors (Lipinski definition) is 1. The van der Waals surface area contributed by atoms with Crippen LogP contribution < -0.4 is 10.5 Å². The van der Waals surface area contributed by atoms with Crippen molar-refractivity contribution in [3.05, 3.63) is 23.1 Å². The van der Waals surface area contributed by atoms with Crippen LogP contribution in [0.4, 0.5) is 5.69 Å². The van der Waals surface area contributed by atoms with Gasteiger partial charge in [0.05, 0.1) is 11.8 Å². The van der Waals surface area contributed by atoms with E-state index in [9.17, 15) is 0 Å². The summed E-state index contributed by atoms with van der Waals surface area (Å²) < 4.78 is 6.09. The third kappa shape index (κ3) is 1.10. The van der Waals surface area contributed by atoms with Gasteiger partial charge in [-0.15, -0.1) is 11.3 Å². The van der Waals surface area contributed by atoms with Gasteiger partial charge in [-0.1, -0.05) is 6.07 Å². The van der Waals surface area contributed by atoms with E-state index in [1.54, 1.807) is 7.11 Å². The van der Waals surface area contributed by atoms with Crippen molar-refractivity contribution in [2.75, 3.05) is 12.8 Å². The highest BCUT2D eigenvalue weighted by molar-refractivity contribution is 7.20. The highest BCUT2D eigenvalue weighted by Crippen LogP contribution is 2.39. The van der Waals surface area contributed by atoms with Crippen molar-refractivity contribution in [2.24, 2.45) is 0 Å². The van der Waals surface area contributed by atoms with E-state index in [0.29, 0.717) is 16.3 Å². The quantitative estimate of drug-likeness (QED) is 0.725. The summed E-state index contributed by atoms with van der Waals surface area (Å²) >= 11 is 1.36. The molecule has 0 unspecified atom stereocenters. The Labute approximate surface area is 85.3 Å². The van der Waals surface area contributed by atoms with Gasteiger partial charge in [0.2, 0.25) is 0 Å². The molecule has 1 heterocycles. The van der Waals surface area contributed by atoms with E-state index in [-0.39, 0.29) is 0 Å². The number of nitriles is 1. The zero-order valence-electron chi connectivity index (χ0n) is 7.57. The molecular formula is C10H8N2OS. The summed E-state index contributed by atoms with van der Waals surface area (Å²) in [5.41, 5.74) is 6.48. The van der Waals surface area contributed by atoms with Gasteiger partial charge in [0.15, 0.2) is 5.75 Å². The van der Waals surface area contributed by atoms with Crippen LogP contribution in [0.1, 0.15) is 4.88 Å². The molecule has 0 saturated heterocycles. The topological polar surface area (TPSA) is 59.0 Å². The van der Waals surface area contributed by atoms with Crippen LogP contribution in [0.25, 0.3) is 10.1 Å². The van der Waals surface area contributed by atoms with E-state index in [4.69, 9.17) is 15.7 Å². The first-order valence-corrected chi connectivity index (χ1v) is 4.84. The Bertz CT molecular complexity index is 525. The monoisotopic (exact) mass is 204 g/mol. The lowest BCUT2D eigenvalue weighted by molar-refractivity contribution is 0.420. The molecule has 1 aromatic heterocycles. The molecule has 0 saturated carbocycles. The Morgan fingerprint density at radius 3 is 2.93 bits per heavy atom. The molecule has 1 aromatic carbocycles. The molecule has 0 amide bonds. The highest BCUT2D eigenvalue weighted by Gasteiger charge is 2.13.